The summed E-state index contributed by atoms with van der Waals surface area (Å²) in [6, 6.07) is 0.731. The van der Waals surface area contributed by atoms with Gasteiger partial charge in [0.05, 0.1) is 12.2 Å². The third kappa shape index (κ3) is 3.98. The number of nitrogens with two attached hydrogens (primary N) is 1. The fraction of sp³-hybridized carbons (Fsp3) is 0.400. The van der Waals surface area contributed by atoms with Crippen LogP contribution < -0.4 is 16.0 Å². The number of esters is 1. The number of ether oxygens (including phenoxy) is 2. The molecular formula is C10H11F3N2O4. The Hall–Kier alpha value is -2.03. The Morgan fingerprint density at radius 1 is 1.47 bits per heavy atom. The molecule has 0 atom stereocenters. The molecule has 0 aliphatic rings. The molecule has 0 aliphatic carbocycles. The molecule has 0 amide bonds. The summed E-state index contributed by atoms with van der Waals surface area (Å²) in [5, 5.41) is 0. The number of aromatic amines is 1. The molecule has 3 N–H and O–H groups in total. The van der Waals surface area contributed by atoms with Crippen molar-refractivity contribution in [1.82, 2.24) is 4.98 Å². The first kappa shape index (κ1) is 15.0. The molecule has 9 heteroatoms. The average Bonchev–Trinajstić information content (AvgIpc) is 2.26. The third-order valence-corrected chi connectivity index (χ3v) is 2.04. The summed E-state index contributed by atoms with van der Waals surface area (Å²) in [5.41, 5.74) is 3.81. The first-order chi connectivity index (χ1) is 8.78. The van der Waals surface area contributed by atoms with Gasteiger partial charge in [-0.3, -0.25) is 9.78 Å². The van der Waals surface area contributed by atoms with Gasteiger partial charge in [0.2, 0.25) is 5.88 Å². The molecule has 0 saturated heterocycles. The lowest BCUT2D eigenvalue weighted by Crippen LogP contribution is -2.25. The van der Waals surface area contributed by atoms with Crippen molar-refractivity contribution < 1.29 is 27.4 Å². The summed E-state index contributed by atoms with van der Waals surface area (Å²) >= 11 is 0. The van der Waals surface area contributed by atoms with Crippen LogP contribution in [0.1, 0.15) is 22.8 Å². The number of alkyl halides is 3. The van der Waals surface area contributed by atoms with Gasteiger partial charge < -0.3 is 15.2 Å². The van der Waals surface area contributed by atoms with Crippen molar-refractivity contribution in [3.05, 3.63) is 27.5 Å². The van der Waals surface area contributed by atoms with E-state index < -0.39 is 23.8 Å². The van der Waals surface area contributed by atoms with Gasteiger partial charge >= 0.3 is 12.3 Å². The SMILES string of the molecule is CCOC(=O)c1cc(OC(F)(F)F)[nH]c(=O)c1CN. The number of pyridine rings is 1. The largest absolute Gasteiger partial charge is 0.574 e. The molecule has 0 saturated carbocycles. The molecule has 0 unspecified atom stereocenters. The summed E-state index contributed by atoms with van der Waals surface area (Å²) in [7, 11) is 0. The Bertz CT molecular complexity index is 524. The van der Waals surface area contributed by atoms with Crippen LogP contribution in [0.3, 0.4) is 0 Å². The van der Waals surface area contributed by atoms with Gasteiger partial charge in [-0.25, -0.2) is 4.79 Å². The summed E-state index contributed by atoms with van der Waals surface area (Å²) in [6.07, 6.45) is -4.99. The highest BCUT2D eigenvalue weighted by atomic mass is 19.4. The van der Waals surface area contributed by atoms with E-state index in [1.165, 1.54) is 6.92 Å². The van der Waals surface area contributed by atoms with Gasteiger partial charge in [-0.2, -0.15) is 0 Å². The van der Waals surface area contributed by atoms with E-state index >= 15 is 0 Å². The summed E-state index contributed by atoms with van der Waals surface area (Å²) in [6.45, 7) is 1.20. The molecule has 1 aromatic rings. The highest BCUT2D eigenvalue weighted by Gasteiger charge is 2.32. The van der Waals surface area contributed by atoms with Crippen molar-refractivity contribution in [3.8, 4) is 5.88 Å². The quantitative estimate of drug-likeness (QED) is 0.799. The van der Waals surface area contributed by atoms with Crippen LogP contribution in [-0.2, 0) is 11.3 Å². The van der Waals surface area contributed by atoms with Gasteiger partial charge in [0.15, 0.2) is 0 Å². The van der Waals surface area contributed by atoms with Crippen LogP contribution in [0.15, 0.2) is 10.9 Å². The standard InChI is InChI=1S/C10H11F3N2O4/c1-2-18-9(17)5-3-7(19-10(11,12)13)15-8(16)6(5)4-14/h3H,2,4,14H2,1H3,(H,15,16). The molecule has 1 heterocycles. The van der Waals surface area contributed by atoms with E-state index in [9.17, 15) is 22.8 Å². The number of H-pyrrole nitrogens is 1. The maximum Gasteiger partial charge on any atom is 0.574 e. The van der Waals surface area contributed by atoms with Crippen LogP contribution in [-0.4, -0.2) is 23.9 Å². The first-order valence-electron chi connectivity index (χ1n) is 5.17. The van der Waals surface area contributed by atoms with E-state index in [1.807, 2.05) is 4.98 Å². The second kappa shape index (κ2) is 5.74. The number of hydrogen-bond acceptors (Lipinski definition) is 5. The predicted octanol–water partition coefficient (Wildman–Crippen LogP) is 0.909. The molecule has 0 bridgehead atoms. The van der Waals surface area contributed by atoms with Gasteiger partial charge in [0.25, 0.3) is 5.56 Å². The Kier molecular flexibility index (Phi) is 4.54. The number of nitrogens with one attached hydrogen (secondary N) is 1. The van der Waals surface area contributed by atoms with Crippen molar-refractivity contribution in [2.24, 2.45) is 5.73 Å². The monoisotopic (exact) mass is 280 g/mol. The molecule has 0 fully saturated rings. The van der Waals surface area contributed by atoms with E-state index in [1.54, 1.807) is 0 Å². The molecule has 0 aliphatic heterocycles. The highest BCUT2D eigenvalue weighted by Crippen LogP contribution is 2.21. The van der Waals surface area contributed by atoms with Crippen molar-refractivity contribution in [3.63, 3.8) is 0 Å². The molecular weight excluding hydrogens is 269 g/mol. The Balaban J connectivity index is 3.26. The molecule has 1 rings (SSSR count). The minimum absolute atomic E-state index is 0.00506. The number of carbonyl (C=O) groups is 1. The fourth-order valence-corrected chi connectivity index (χ4v) is 1.34. The molecule has 19 heavy (non-hydrogen) atoms. The zero-order valence-electron chi connectivity index (χ0n) is 9.84. The second-order valence-electron chi connectivity index (χ2n) is 3.33. The Morgan fingerprint density at radius 3 is 2.58 bits per heavy atom. The molecule has 0 spiro atoms. The average molecular weight is 280 g/mol. The Morgan fingerprint density at radius 2 is 2.11 bits per heavy atom. The number of aromatic nitrogens is 1. The van der Waals surface area contributed by atoms with Crippen LogP contribution >= 0.6 is 0 Å². The third-order valence-electron chi connectivity index (χ3n) is 2.04. The van der Waals surface area contributed by atoms with E-state index in [0.717, 1.165) is 6.07 Å². The highest BCUT2D eigenvalue weighted by molar-refractivity contribution is 5.91. The minimum atomic E-state index is -4.99. The molecule has 106 valence electrons. The van der Waals surface area contributed by atoms with Crippen molar-refractivity contribution in [2.75, 3.05) is 6.61 Å². The van der Waals surface area contributed by atoms with Crippen molar-refractivity contribution in [2.45, 2.75) is 19.8 Å². The number of carbonyl (C=O) groups excluding carboxylic acids is 1. The maximum absolute atomic E-state index is 12.1. The van der Waals surface area contributed by atoms with Crippen LogP contribution in [0, 0.1) is 0 Å². The first-order valence-corrected chi connectivity index (χ1v) is 5.17. The van der Waals surface area contributed by atoms with Gasteiger partial charge in [-0.05, 0) is 6.92 Å². The van der Waals surface area contributed by atoms with Crippen molar-refractivity contribution >= 4 is 5.97 Å². The molecule has 0 radical (unpaired) electrons. The van der Waals surface area contributed by atoms with Gasteiger partial charge in [-0.15, -0.1) is 13.2 Å². The van der Waals surface area contributed by atoms with Crippen LogP contribution in [0.4, 0.5) is 13.2 Å². The van der Waals surface area contributed by atoms with E-state index in [4.69, 9.17) is 5.73 Å². The number of hydrogen-bond donors (Lipinski definition) is 2. The predicted molar refractivity (Wildman–Crippen MR) is 57.6 cm³/mol. The molecule has 0 aromatic carbocycles. The van der Waals surface area contributed by atoms with Crippen LogP contribution in [0.5, 0.6) is 5.88 Å². The number of rotatable bonds is 4. The zero-order valence-corrected chi connectivity index (χ0v) is 9.84. The minimum Gasteiger partial charge on any atom is -0.462 e. The summed E-state index contributed by atoms with van der Waals surface area (Å²) < 4.78 is 44.3. The lowest BCUT2D eigenvalue weighted by Gasteiger charge is -2.11. The molecule has 1 aromatic heterocycles. The molecule has 6 nitrogen and oxygen atoms in total. The van der Waals surface area contributed by atoms with E-state index in [-0.39, 0.29) is 24.3 Å². The van der Waals surface area contributed by atoms with Crippen molar-refractivity contribution in [1.29, 1.82) is 0 Å². The van der Waals surface area contributed by atoms with Gasteiger partial charge in [-0.1, -0.05) is 0 Å². The lowest BCUT2D eigenvalue weighted by atomic mass is 10.1. The van der Waals surface area contributed by atoms with Gasteiger partial charge in [0, 0.05) is 18.2 Å². The smallest absolute Gasteiger partial charge is 0.462 e. The topological polar surface area (TPSA) is 94.4 Å². The normalized spacial score (nSPS) is 11.2. The zero-order chi connectivity index (χ0) is 14.6. The van der Waals surface area contributed by atoms with Crippen LogP contribution in [0.2, 0.25) is 0 Å². The second-order valence-corrected chi connectivity index (χ2v) is 3.33. The number of halogens is 3. The maximum atomic E-state index is 12.1. The summed E-state index contributed by atoms with van der Waals surface area (Å²) in [4.78, 5) is 24.9. The van der Waals surface area contributed by atoms with Gasteiger partial charge in [0.1, 0.15) is 0 Å². The fourth-order valence-electron chi connectivity index (χ4n) is 1.34. The Labute approximate surface area is 105 Å². The summed E-state index contributed by atoms with van der Waals surface area (Å²) in [5.74, 6) is -1.85. The van der Waals surface area contributed by atoms with E-state index in [0.29, 0.717) is 0 Å². The van der Waals surface area contributed by atoms with E-state index in [2.05, 4.69) is 9.47 Å². The lowest BCUT2D eigenvalue weighted by molar-refractivity contribution is -0.276. The van der Waals surface area contributed by atoms with Crippen LogP contribution in [0.25, 0.3) is 0 Å².